The number of carbonyl (C=O) groups is 1. The van der Waals surface area contributed by atoms with Crippen LogP contribution in [0.25, 0.3) is 0 Å². The van der Waals surface area contributed by atoms with Crippen molar-refractivity contribution in [1.29, 1.82) is 0 Å². The van der Waals surface area contributed by atoms with Gasteiger partial charge in [-0.25, -0.2) is 0 Å². The zero-order valence-corrected chi connectivity index (χ0v) is 11.3. The van der Waals surface area contributed by atoms with Crippen LogP contribution in [0.2, 0.25) is 0 Å². The SMILES string of the molecule is CCC(C)CC(=O)Nc1cccc(CCCO)c1. The molecular weight excluding hydrogens is 226 g/mol. The van der Waals surface area contributed by atoms with Crippen molar-refractivity contribution in [3.05, 3.63) is 29.8 Å². The molecule has 1 aromatic rings. The molecule has 1 atom stereocenters. The van der Waals surface area contributed by atoms with E-state index in [1.54, 1.807) is 0 Å². The summed E-state index contributed by atoms with van der Waals surface area (Å²) in [6.45, 7) is 4.37. The molecule has 0 aliphatic carbocycles. The Hall–Kier alpha value is -1.35. The van der Waals surface area contributed by atoms with Gasteiger partial charge in [0.2, 0.25) is 5.91 Å². The minimum absolute atomic E-state index is 0.0728. The summed E-state index contributed by atoms with van der Waals surface area (Å²) in [5.41, 5.74) is 1.99. The molecule has 0 fully saturated rings. The molecule has 0 bridgehead atoms. The molecule has 0 aliphatic heterocycles. The molecule has 0 spiro atoms. The maximum absolute atomic E-state index is 11.8. The summed E-state index contributed by atoms with van der Waals surface area (Å²) in [6.07, 6.45) is 3.18. The van der Waals surface area contributed by atoms with E-state index in [2.05, 4.69) is 19.2 Å². The number of nitrogens with one attached hydrogen (secondary N) is 1. The number of aliphatic hydroxyl groups is 1. The van der Waals surface area contributed by atoms with E-state index in [1.807, 2.05) is 24.3 Å². The lowest BCUT2D eigenvalue weighted by molar-refractivity contribution is -0.117. The molecule has 1 aromatic carbocycles. The average Bonchev–Trinajstić information content (AvgIpc) is 2.36. The van der Waals surface area contributed by atoms with E-state index in [-0.39, 0.29) is 12.5 Å². The van der Waals surface area contributed by atoms with Gasteiger partial charge in [-0.05, 0) is 36.5 Å². The number of benzene rings is 1. The van der Waals surface area contributed by atoms with Gasteiger partial charge in [-0.2, -0.15) is 0 Å². The van der Waals surface area contributed by atoms with Crippen molar-refractivity contribution < 1.29 is 9.90 Å². The highest BCUT2D eigenvalue weighted by molar-refractivity contribution is 5.90. The second-order valence-corrected chi connectivity index (χ2v) is 4.79. The summed E-state index contributed by atoms with van der Waals surface area (Å²) in [5, 5.41) is 11.7. The Morgan fingerprint density at radius 2 is 2.22 bits per heavy atom. The summed E-state index contributed by atoms with van der Waals surface area (Å²) >= 11 is 0. The molecule has 100 valence electrons. The molecular formula is C15H23NO2. The van der Waals surface area contributed by atoms with E-state index in [4.69, 9.17) is 5.11 Å². The Kier molecular flexibility index (Phi) is 6.44. The molecule has 0 radical (unpaired) electrons. The molecule has 0 saturated carbocycles. The summed E-state index contributed by atoms with van der Waals surface area (Å²) in [6, 6.07) is 7.83. The van der Waals surface area contributed by atoms with Gasteiger partial charge >= 0.3 is 0 Å². The van der Waals surface area contributed by atoms with Crippen molar-refractivity contribution in [3.8, 4) is 0 Å². The van der Waals surface area contributed by atoms with E-state index < -0.39 is 0 Å². The van der Waals surface area contributed by atoms with E-state index >= 15 is 0 Å². The minimum atomic E-state index is 0.0728. The first-order chi connectivity index (χ1) is 8.65. The number of aryl methyl sites for hydroxylation is 1. The smallest absolute Gasteiger partial charge is 0.224 e. The van der Waals surface area contributed by atoms with Crippen LogP contribution in [0.4, 0.5) is 5.69 Å². The molecule has 3 nitrogen and oxygen atoms in total. The maximum Gasteiger partial charge on any atom is 0.224 e. The molecule has 0 saturated heterocycles. The van der Waals surface area contributed by atoms with Gasteiger partial charge in [0.1, 0.15) is 0 Å². The highest BCUT2D eigenvalue weighted by Gasteiger charge is 2.07. The Bertz CT molecular complexity index is 377. The fraction of sp³-hybridized carbons (Fsp3) is 0.533. The predicted molar refractivity (Wildman–Crippen MR) is 74.6 cm³/mol. The van der Waals surface area contributed by atoms with Crippen LogP contribution in [-0.2, 0) is 11.2 Å². The Labute approximate surface area is 109 Å². The van der Waals surface area contributed by atoms with Crippen molar-refractivity contribution in [2.75, 3.05) is 11.9 Å². The van der Waals surface area contributed by atoms with Crippen molar-refractivity contribution in [2.45, 2.75) is 39.5 Å². The van der Waals surface area contributed by atoms with Crippen LogP contribution >= 0.6 is 0 Å². The van der Waals surface area contributed by atoms with Gasteiger partial charge in [0.15, 0.2) is 0 Å². The maximum atomic E-state index is 11.8. The van der Waals surface area contributed by atoms with Gasteiger partial charge in [0.05, 0.1) is 0 Å². The predicted octanol–water partition coefficient (Wildman–Crippen LogP) is 2.99. The second kappa shape index (κ2) is 7.88. The molecule has 1 rings (SSSR count). The Balaban J connectivity index is 2.53. The largest absolute Gasteiger partial charge is 0.396 e. The minimum Gasteiger partial charge on any atom is -0.396 e. The van der Waals surface area contributed by atoms with Crippen molar-refractivity contribution >= 4 is 11.6 Å². The quantitative estimate of drug-likeness (QED) is 0.780. The first-order valence-electron chi connectivity index (χ1n) is 6.65. The van der Waals surface area contributed by atoms with Gasteiger partial charge in [0, 0.05) is 18.7 Å². The van der Waals surface area contributed by atoms with Gasteiger partial charge < -0.3 is 10.4 Å². The molecule has 0 aromatic heterocycles. The number of hydrogen-bond donors (Lipinski definition) is 2. The van der Waals surface area contributed by atoms with Crippen molar-refractivity contribution in [3.63, 3.8) is 0 Å². The van der Waals surface area contributed by atoms with Crippen LogP contribution in [0.5, 0.6) is 0 Å². The second-order valence-electron chi connectivity index (χ2n) is 4.79. The first kappa shape index (κ1) is 14.7. The van der Waals surface area contributed by atoms with E-state index in [9.17, 15) is 4.79 Å². The third-order valence-corrected chi connectivity index (χ3v) is 3.07. The number of anilines is 1. The summed E-state index contributed by atoms with van der Waals surface area (Å²) in [5.74, 6) is 0.492. The molecule has 3 heteroatoms. The summed E-state index contributed by atoms with van der Waals surface area (Å²) in [7, 11) is 0. The zero-order chi connectivity index (χ0) is 13.4. The lowest BCUT2D eigenvalue weighted by Crippen LogP contribution is -2.14. The molecule has 0 aliphatic rings. The molecule has 0 heterocycles. The number of amides is 1. The Morgan fingerprint density at radius 1 is 1.44 bits per heavy atom. The summed E-state index contributed by atoms with van der Waals surface area (Å²) in [4.78, 5) is 11.8. The van der Waals surface area contributed by atoms with Crippen molar-refractivity contribution in [1.82, 2.24) is 0 Å². The number of aliphatic hydroxyl groups excluding tert-OH is 1. The number of carbonyl (C=O) groups excluding carboxylic acids is 1. The lowest BCUT2D eigenvalue weighted by Gasteiger charge is -2.10. The van der Waals surface area contributed by atoms with Gasteiger partial charge in [-0.3, -0.25) is 4.79 Å². The van der Waals surface area contributed by atoms with Gasteiger partial charge in [0.25, 0.3) is 0 Å². The third kappa shape index (κ3) is 5.32. The monoisotopic (exact) mass is 249 g/mol. The van der Waals surface area contributed by atoms with Crippen molar-refractivity contribution in [2.24, 2.45) is 5.92 Å². The number of hydrogen-bond acceptors (Lipinski definition) is 2. The average molecular weight is 249 g/mol. The van der Waals surface area contributed by atoms with Crippen LogP contribution in [0.15, 0.2) is 24.3 Å². The molecule has 2 N–H and O–H groups in total. The molecule has 18 heavy (non-hydrogen) atoms. The highest BCUT2D eigenvalue weighted by atomic mass is 16.2. The van der Waals surface area contributed by atoms with Crippen LogP contribution in [0, 0.1) is 5.92 Å². The molecule has 1 amide bonds. The zero-order valence-electron chi connectivity index (χ0n) is 11.3. The standard InChI is InChI=1S/C15H23NO2/c1-3-12(2)10-15(18)16-14-8-4-6-13(11-14)7-5-9-17/h4,6,8,11-12,17H,3,5,7,9-10H2,1-2H3,(H,16,18). The normalized spacial score (nSPS) is 12.2. The van der Waals surface area contributed by atoms with Crippen LogP contribution in [0.3, 0.4) is 0 Å². The summed E-state index contributed by atoms with van der Waals surface area (Å²) < 4.78 is 0. The van der Waals surface area contributed by atoms with Gasteiger partial charge in [-0.1, -0.05) is 32.4 Å². The van der Waals surface area contributed by atoms with Crippen LogP contribution in [0.1, 0.15) is 38.7 Å². The Morgan fingerprint density at radius 3 is 2.89 bits per heavy atom. The van der Waals surface area contributed by atoms with Crippen LogP contribution < -0.4 is 5.32 Å². The lowest BCUT2D eigenvalue weighted by atomic mass is 10.0. The third-order valence-electron chi connectivity index (χ3n) is 3.07. The van der Waals surface area contributed by atoms with E-state index in [0.29, 0.717) is 12.3 Å². The molecule has 1 unspecified atom stereocenters. The fourth-order valence-electron chi connectivity index (χ4n) is 1.76. The van der Waals surface area contributed by atoms with Gasteiger partial charge in [-0.15, -0.1) is 0 Å². The topological polar surface area (TPSA) is 49.3 Å². The van der Waals surface area contributed by atoms with E-state index in [0.717, 1.165) is 30.5 Å². The highest BCUT2D eigenvalue weighted by Crippen LogP contribution is 2.14. The fourth-order valence-corrected chi connectivity index (χ4v) is 1.76. The number of rotatable bonds is 7. The van der Waals surface area contributed by atoms with Crippen LogP contribution in [-0.4, -0.2) is 17.6 Å². The van der Waals surface area contributed by atoms with E-state index in [1.165, 1.54) is 0 Å². The first-order valence-corrected chi connectivity index (χ1v) is 6.65.